The van der Waals surface area contributed by atoms with Crippen molar-refractivity contribution in [2.45, 2.75) is 19.9 Å². The zero-order chi connectivity index (χ0) is 24.2. The molecule has 2 aromatic heterocycles. The molecule has 3 aromatic carbocycles. The lowest BCUT2D eigenvalue weighted by Gasteiger charge is -2.10. The van der Waals surface area contributed by atoms with Crippen molar-refractivity contribution in [1.82, 2.24) is 30.2 Å². The first-order chi connectivity index (χ1) is 17.1. The number of nitrogens with zero attached hydrogens (tertiary/aromatic N) is 4. The van der Waals surface area contributed by atoms with Crippen LogP contribution in [0.4, 0.5) is 0 Å². The van der Waals surface area contributed by atoms with Gasteiger partial charge in [-0.2, -0.15) is 5.10 Å². The summed E-state index contributed by atoms with van der Waals surface area (Å²) in [7, 11) is 0. The minimum absolute atomic E-state index is 0.0405. The highest BCUT2D eigenvalue weighted by molar-refractivity contribution is 6.00. The van der Waals surface area contributed by atoms with E-state index in [1.807, 2.05) is 96.4 Å². The Labute approximate surface area is 202 Å². The first kappa shape index (κ1) is 22.1. The number of hydrogen-bond donors (Lipinski definition) is 2. The van der Waals surface area contributed by atoms with Crippen LogP contribution in [0.2, 0.25) is 0 Å². The van der Waals surface area contributed by atoms with Crippen molar-refractivity contribution in [3.05, 3.63) is 103 Å². The molecule has 35 heavy (non-hydrogen) atoms. The number of hydrazine groups is 1. The van der Waals surface area contributed by atoms with Crippen LogP contribution in [0.15, 0.2) is 91.1 Å². The van der Waals surface area contributed by atoms with Crippen LogP contribution in [0.3, 0.4) is 0 Å². The number of imidazole rings is 1. The van der Waals surface area contributed by atoms with Gasteiger partial charge in [0.1, 0.15) is 18.1 Å². The van der Waals surface area contributed by atoms with Crippen LogP contribution < -0.4 is 10.9 Å². The number of hydrogen-bond acceptors (Lipinski definition) is 4. The molecule has 2 N–H and O–H groups in total. The maximum Gasteiger partial charge on any atom is 0.273 e. The number of carbonyl (C=O) groups excluding carboxylic acids is 2. The van der Waals surface area contributed by atoms with E-state index in [0.29, 0.717) is 17.7 Å². The molecule has 5 aromatic rings. The second-order valence-corrected chi connectivity index (χ2v) is 8.00. The number of fused-ring (bicyclic) bond motifs is 1. The van der Waals surface area contributed by atoms with Gasteiger partial charge in [-0.05, 0) is 24.3 Å². The molecule has 2 amide bonds. The average molecular weight is 465 g/mol. The largest absolute Gasteiger partial charge is 0.318 e. The Kier molecular flexibility index (Phi) is 6.09. The van der Waals surface area contributed by atoms with Crippen LogP contribution in [-0.4, -0.2) is 31.1 Å². The minimum Gasteiger partial charge on any atom is -0.318 e. The SMILES string of the molecule is CCc1nc2ccccc2n1CC(=O)NNC(=O)c1cn(-c2ccccc2)nc1-c1ccccc1. The number of benzene rings is 3. The molecule has 8 heteroatoms. The van der Waals surface area contributed by atoms with Crippen molar-refractivity contribution in [3.63, 3.8) is 0 Å². The lowest BCUT2D eigenvalue weighted by atomic mass is 10.1. The van der Waals surface area contributed by atoms with Crippen molar-refractivity contribution >= 4 is 22.8 Å². The molecule has 0 atom stereocenters. The monoisotopic (exact) mass is 464 g/mol. The molecule has 0 bridgehead atoms. The summed E-state index contributed by atoms with van der Waals surface area (Å²) in [6.07, 6.45) is 2.35. The van der Waals surface area contributed by atoms with E-state index in [0.717, 1.165) is 28.1 Å². The van der Waals surface area contributed by atoms with E-state index in [2.05, 4.69) is 20.9 Å². The Bertz CT molecular complexity index is 1490. The molecule has 174 valence electrons. The number of para-hydroxylation sites is 3. The summed E-state index contributed by atoms with van der Waals surface area (Å²) in [4.78, 5) is 30.5. The number of aromatic nitrogens is 4. The van der Waals surface area contributed by atoms with Gasteiger partial charge in [0.25, 0.3) is 11.8 Å². The Morgan fingerprint density at radius 3 is 2.29 bits per heavy atom. The summed E-state index contributed by atoms with van der Waals surface area (Å²) in [5.41, 5.74) is 9.30. The standard InChI is InChI=1S/C27H24N6O2/c1-2-24-28-22-15-9-10-16-23(22)32(24)18-25(34)29-30-27(35)21-17-33(20-13-7-4-8-14-20)31-26(21)19-11-5-3-6-12-19/h3-17H,2,18H2,1H3,(H,29,34)(H,30,35). The van der Waals surface area contributed by atoms with E-state index in [4.69, 9.17) is 0 Å². The van der Waals surface area contributed by atoms with Gasteiger partial charge in [0.05, 0.1) is 22.3 Å². The predicted octanol–water partition coefficient (Wildman–Crippen LogP) is 3.91. The third-order valence-corrected chi connectivity index (χ3v) is 5.69. The highest BCUT2D eigenvalue weighted by Crippen LogP contribution is 2.23. The van der Waals surface area contributed by atoms with Crippen LogP contribution in [0.25, 0.3) is 28.0 Å². The van der Waals surface area contributed by atoms with Crippen molar-refractivity contribution in [3.8, 4) is 16.9 Å². The van der Waals surface area contributed by atoms with E-state index in [-0.39, 0.29) is 12.5 Å². The van der Waals surface area contributed by atoms with Crippen LogP contribution in [0.5, 0.6) is 0 Å². The third kappa shape index (κ3) is 4.54. The number of aryl methyl sites for hydroxylation is 1. The maximum absolute atomic E-state index is 13.1. The zero-order valence-electron chi connectivity index (χ0n) is 19.2. The molecular weight excluding hydrogens is 440 g/mol. The molecule has 0 spiro atoms. The van der Waals surface area contributed by atoms with Crippen molar-refractivity contribution < 1.29 is 9.59 Å². The smallest absolute Gasteiger partial charge is 0.273 e. The molecule has 0 saturated heterocycles. The average Bonchev–Trinajstić information content (AvgIpc) is 3.51. The van der Waals surface area contributed by atoms with Crippen molar-refractivity contribution in [1.29, 1.82) is 0 Å². The first-order valence-corrected chi connectivity index (χ1v) is 11.4. The Hall–Kier alpha value is -4.72. The molecule has 0 radical (unpaired) electrons. The van der Waals surface area contributed by atoms with Crippen LogP contribution in [0, 0.1) is 0 Å². The number of rotatable bonds is 6. The molecular formula is C27H24N6O2. The van der Waals surface area contributed by atoms with Crippen molar-refractivity contribution in [2.24, 2.45) is 0 Å². The van der Waals surface area contributed by atoms with E-state index in [1.165, 1.54) is 0 Å². The fourth-order valence-corrected chi connectivity index (χ4v) is 4.01. The molecule has 2 heterocycles. The van der Waals surface area contributed by atoms with Gasteiger partial charge in [-0.15, -0.1) is 0 Å². The van der Waals surface area contributed by atoms with Crippen LogP contribution in [0.1, 0.15) is 23.1 Å². The lowest BCUT2D eigenvalue weighted by Crippen LogP contribution is -2.43. The highest BCUT2D eigenvalue weighted by Gasteiger charge is 2.20. The van der Waals surface area contributed by atoms with Gasteiger partial charge in [-0.25, -0.2) is 9.67 Å². The van der Waals surface area contributed by atoms with E-state index < -0.39 is 5.91 Å². The molecule has 0 fully saturated rings. The summed E-state index contributed by atoms with van der Waals surface area (Å²) < 4.78 is 3.52. The summed E-state index contributed by atoms with van der Waals surface area (Å²) >= 11 is 0. The number of amides is 2. The Morgan fingerprint density at radius 2 is 1.54 bits per heavy atom. The van der Waals surface area contributed by atoms with Crippen LogP contribution in [-0.2, 0) is 17.8 Å². The summed E-state index contributed by atoms with van der Waals surface area (Å²) in [5.74, 6) is 0.00156. The molecule has 0 saturated carbocycles. The van der Waals surface area contributed by atoms with Gasteiger partial charge in [0.2, 0.25) is 0 Å². The van der Waals surface area contributed by atoms with Gasteiger partial charge in [-0.3, -0.25) is 20.4 Å². The van der Waals surface area contributed by atoms with E-state index in [9.17, 15) is 9.59 Å². The van der Waals surface area contributed by atoms with Gasteiger partial charge in [0, 0.05) is 18.2 Å². The molecule has 0 aliphatic carbocycles. The van der Waals surface area contributed by atoms with E-state index in [1.54, 1.807) is 10.9 Å². The number of carbonyl (C=O) groups is 2. The fourth-order valence-electron chi connectivity index (χ4n) is 4.01. The molecule has 8 nitrogen and oxygen atoms in total. The summed E-state index contributed by atoms with van der Waals surface area (Å²) in [5, 5.41) is 4.65. The Balaban J connectivity index is 1.36. The summed E-state index contributed by atoms with van der Waals surface area (Å²) in [6, 6.07) is 26.7. The molecule has 0 aliphatic rings. The molecule has 0 unspecified atom stereocenters. The third-order valence-electron chi connectivity index (χ3n) is 5.69. The van der Waals surface area contributed by atoms with Gasteiger partial charge >= 0.3 is 0 Å². The Morgan fingerprint density at radius 1 is 0.857 bits per heavy atom. The first-order valence-electron chi connectivity index (χ1n) is 11.4. The molecule has 5 rings (SSSR count). The zero-order valence-corrected chi connectivity index (χ0v) is 19.2. The van der Waals surface area contributed by atoms with Gasteiger partial charge in [0.15, 0.2) is 0 Å². The highest BCUT2D eigenvalue weighted by atomic mass is 16.2. The quantitative estimate of drug-likeness (QED) is 0.373. The predicted molar refractivity (Wildman–Crippen MR) is 134 cm³/mol. The number of nitrogens with one attached hydrogen (secondary N) is 2. The van der Waals surface area contributed by atoms with Crippen LogP contribution >= 0.6 is 0 Å². The second kappa shape index (κ2) is 9.64. The lowest BCUT2D eigenvalue weighted by molar-refractivity contribution is -0.122. The van der Waals surface area contributed by atoms with Crippen molar-refractivity contribution in [2.75, 3.05) is 0 Å². The fraction of sp³-hybridized carbons (Fsp3) is 0.111. The van der Waals surface area contributed by atoms with E-state index >= 15 is 0 Å². The minimum atomic E-state index is -0.453. The normalized spacial score (nSPS) is 10.9. The summed E-state index contributed by atoms with van der Waals surface area (Å²) in [6.45, 7) is 2.03. The molecule has 0 aliphatic heterocycles. The maximum atomic E-state index is 13.1. The van der Waals surface area contributed by atoms with Gasteiger partial charge in [-0.1, -0.05) is 67.6 Å². The topological polar surface area (TPSA) is 93.8 Å². The van der Waals surface area contributed by atoms with Gasteiger partial charge < -0.3 is 4.57 Å². The second-order valence-electron chi connectivity index (χ2n) is 8.00.